The van der Waals surface area contributed by atoms with Crippen LogP contribution in [0.5, 0.6) is 0 Å². The SMILES string of the molecule is COC1CCCN(S(=O)(=O)c2cc(Cl)cc(CO)c2F)C1. The van der Waals surface area contributed by atoms with Crippen LogP contribution in [0.2, 0.25) is 5.02 Å². The van der Waals surface area contributed by atoms with Crippen molar-refractivity contribution in [3.8, 4) is 0 Å². The Balaban J connectivity index is 2.42. The van der Waals surface area contributed by atoms with Gasteiger partial charge in [0.25, 0.3) is 0 Å². The van der Waals surface area contributed by atoms with Crippen LogP contribution in [0.3, 0.4) is 0 Å². The summed E-state index contributed by atoms with van der Waals surface area (Å²) in [7, 11) is -2.49. The number of halogens is 2. The van der Waals surface area contributed by atoms with Crippen molar-refractivity contribution in [3.63, 3.8) is 0 Å². The molecule has 1 saturated heterocycles. The average molecular weight is 338 g/mol. The fourth-order valence-electron chi connectivity index (χ4n) is 2.38. The molecule has 8 heteroatoms. The summed E-state index contributed by atoms with van der Waals surface area (Å²) in [6.07, 6.45) is 1.21. The third-order valence-corrected chi connectivity index (χ3v) is 5.62. The lowest BCUT2D eigenvalue weighted by atomic mass is 10.1. The summed E-state index contributed by atoms with van der Waals surface area (Å²) in [5, 5.41) is 9.17. The van der Waals surface area contributed by atoms with Crippen LogP contribution in [0.15, 0.2) is 17.0 Å². The molecule has 21 heavy (non-hydrogen) atoms. The van der Waals surface area contributed by atoms with Gasteiger partial charge in [-0.3, -0.25) is 0 Å². The summed E-state index contributed by atoms with van der Waals surface area (Å²) in [5.74, 6) is -0.957. The molecule has 1 aromatic carbocycles. The lowest BCUT2D eigenvalue weighted by molar-refractivity contribution is 0.0571. The number of benzene rings is 1. The first kappa shape index (κ1) is 16.6. The third-order valence-electron chi connectivity index (χ3n) is 3.54. The summed E-state index contributed by atoms with van der Waals surface area (Å²) in [6, 6.07) is 2.28. The molecule has 1 unspecified atom stereocenters. The maximum absolute atomic E-state index is 14.2. The number of hydrogen-bond donors (Lipinski definition) is 1. The van der Waals surface area contributed by atoms with Gasteiger partial charge >= 0.3 is 0 Å². The number of hydrogen-bond acceptors (Lipinski definition) is 4. The van der Waals surface area contributed by atoms with E-state index in [4.69, 9.17) is 21.4 Å². The fourth-order valence-corrected chi connectivity index (χ4v) is 4.32. The number of ether oxygens (including phenoxy) is 1. The van der Waals surface area contributed by atoms with Crippen LogP contribution in [-0.2, 0) is 21.4 Å². The quantitative estimate of drug-likeness (QED) is 0.909. The van der Waals surface area contributed by atoms with Gasteiger partial charge in [0, 0.05) is 30.8 Å². The number of methoxy groups -OCH3 is 1. The van der Waals surface area contributed by atoms with Crippen LogP contribution in [0.25, 0.3) is 0 Å². The predicted octanol–water partition coefficient (Wildman–Crippen LogP) is 1.77. The van der Waals surface area contributed by atoms with Crippen LogP contribution in [0, 0.1) is 5.82 Å². The normalized spacial score (nSPS) is 20.7. The Labute approximate surface area is 128 Å². The van der Waals surface area contributed by atoms with E-state index in [-0.39, 0.29) is 23.2 Å². The van der Waals surface area contributed by atoms with Crippen molar-refractivity contribution >= 4 is 21.6 Å². The minimum atomic E-state index is -4.01. The van der Waals surface area contributed by atoms with Crippen molar-refractivity contribution in [2.24, 2.45) is 0 Å². The van der Waals surface area contributed by atoms with Gasteiger partial charge in [0.05, 0.1) is 12.7 Å². The first-order valence-electron chi connectivity index (χ1n) is 6.52. The minimum absolute atomic E-state index is 0.0688. The molecule has 1 atom stereocenters. The first-order chi connectivity index (χ1) is 9.90. The van der Waals surface area contributed by atoms with E-state index in [0.29, 0.717) is 13.0 Å². The summed E-state index contributed by atoms with van der Waals surface area (Å²) in [5.41, 5.74) is -0.138. The highest BCUT2D eigenvalue weighted by Crippen LogP contribution is 2.28. The van der Waals surface area contributed by atoms with Crippen molar-refractivity contribution in [1.29, 1.82) is 0 Å². The van der Waals surface area contributed by atoms with Crippen molar-refractivity contribution < 1.29 is 22.7 Å². The van der Waals surface area contributed by atoms with E-state index in [0.717, 1.165) is 12.5 Å². The van der Waals surface area contributed by atoms with E-state index in [1.807, 2.05) is 0 Å². The molecule has 0 amide bonds. The fraction of sp³-hybridized carbons (Fsp3) is 0.538. The summed E-state index contributed by atoms with van der Waals surface area (Å²) >= 11 is 5.82. The molecule has 0 bridgehead atoms. The minimum Gasteiger partial charge on any atom is -0.392 e. The monoisotopic (exact) mass is 337 g/mol. The van der Waals surface area contributed by atoms with Crippen LogP contribution >= 0.6 is 11.6 Å². The van der Waals surface area contributed by atoms with Crippen molar-refractivity contribution in [3.05, 3.63) is 28.5 Å². The summed E-state index contributed by atoms with van der Waals surface area (Å²) in [6.45, 7) is -0.128. The highest BCUT2D eigenvalue weighted by molar-refractivity contribution is 7.89. The topological polar surface area (TPSA) is 66.8 Å². The molecule has 5 nitrogen and oxygen atoms in total. The molecule has 0 saturated carbocycles. The Morgan fingerprint density at radius 2 is 2.24 bits per heavy atom. The molecule has 1 aliphatic rings. The molecular weight excluding hydrogens is 321 g/mol. The highest BCUT2D eigenvalue weighted by Gasteiger charge is 2.33. The molecule has 0 radical (unpaired) electrons. The van der Waals surface area contributed by atoms with E-state index >= 15 is 0 Å². The van der Waals surface area contributed by atoms with Gasteiger partial charge in [0.15, 0.2) is 0 Å². The molecular formula is C13H17ClFNO4S. The standard InChI is InChI=1S/C13H17ClFNO4S/c1-20-11-3-2-4-16(7-11)21(18,19)12-6-10(14)5-9(8-17)13(12)15/h5-6,11,17H,2-4,7-8H2,1H3. The number of sulfonamides is 1. The Morgan fingerprint density at radius 3 is 2.86 bits per heavy atom. The van der Waals surface area contributed by atoms with Crippen molar-refractivity contribution in [2.75, 3.05) is 20.2 Å². The van der Waals surface area contributed by atoms with Gasteiger partial charge in [-0.05, 0) is 25.0 Å². The Hall–Kier alpha value is -0.730. The average Bonchev–Trinajstić information content (AvgIpc) is 2.49. The molecule has 1 heterocycles. The molecule has 1 aromatic rings. The Morgan fingerprint density at radius 1 is 1.52 bits per heavy atom. The van der Waals surface area contributed by atoms with Gasteiger partial charge in [-0.2, -0.15) is 4.31 Å². The summed E-state index contributed by atoms with van der Waals surface area (Å²) < 4.78 is 45.8. The highest BCUT2D eigenvalue weighted by atomic mass is 35.5. The van der Waals surface area contributed by atoms with Crippen molar-refractivity contribution in [2.45, 2.75) is 30.4 Å². The number of aliphatic hydroxyl groups is 1. The smallest absolute Gasteiger partial charge is 0.246 e. The molecule has 0 aromatic heterocycles. The molecule has 1 N–H and O–H groups in total. The van der Waals surface area contributed by atoms with E-state index in [1.54, 1.807) is 0 Å². The van der Waals surface area contributed by atoms with Gasteiger partial charge < -0.3 is 9.84 Å². The second-order valence-electron chi connectivity index (χ2n) is 4.90. The molecule has 0 aliphatic carbocycles. The Bertz CT molecular complexity index is 623. The molecule has 118 valence electrons. The Kier molecular flexibility index (Phi) is 5.21. The molecule has 2 rings (SSSR count). The zero-order valence-corrected chi connectivity index (χ0v) is 13.1. The van der Waals surface area contributed by atoms with E-state index in [1.165, 1.54) is 17.5 Å². The number of piperidine rings is 1. The van der Waals surface area contributed by atoms with Gasteiger partial charge in [-0.25, -0.2) is 12.8 Å². The van der Waals surface area contributed by atoms with Crippen LogP contribution in [-0.4, -0.2) is 44.1 Å². The third kappa shape index (κ3) is 3.37. The number of rotatable bonds is 4. The summed E-state index contributed by atoms with van der Waals surface area (Å²) in [4.78, 5) is -0.504. The lowest BCUT2D eigenvalue weighted by Crippen LogP contribution is -2.43. The lowest BCUT2D eigenvalue weighted by Gasteiger charge is -2.31. The largest absolute Gasteiger partial charge is 0.392 e. The van der Waals surface area contributed by atoms with Gasteiger partial charge in [0.1, 0.15) is 10.7 Å². The number of aliphatic hydroxyl groups excluding tert-OH is 1. The zero-order valence-electron chi connectivity index (χ0n) is 11.6. The van der Waals surface area contributed by atoms with Crippen molar-refractivity contribution in [1.82, 2.24) is 4.31 Å². The van der Waals surface area contributed by atoms with E-state index in [2.05, 4.69) is 0 Å². The van der Waals surface area contributed by atoms with Gasteiger partial charge in [0.2, 0.25) is 10.0 Å². The first-order valence-corrected chi connectivity index (χ1v) is 8.33. The van der Waals surface area contributed by atoms with Crippen LogP contribution in [0.4, 0.5) is 4.39 Å². The molecule has 1 aliphatic heterocycles. The van der Waals surface area contributed by atoms with E-state index < -0.39 is 27.3 Å². The van der Waals surface area contributed by atoms with Crippen LogP contribution in [0.1, 0.15) is 18.4 Å². The molecule has 0 spiro atoms. The zero-order chi connectivity index (χ0) is 15.6. The maximum atomic E-state index is 14.2. The molecule has 1 fully saturated rings. The second-order valence-corrected chi connectivity index (χ2v) is 7.24. The predicted molar refractivity (Wildman–Crippen MR) is 76.1 cm³/mol. The number of nitrogens with zero attached hydrogens (tertiary/aromatic N) is 1. The second kappa shape index (κ2) is 6.58. The van der Waals surface area contributed by atoms with Gasteiger partial charge in [-0.15, -0.1) is 0 Å². The van der Waals surface area contributed by atoms with Crippen LogP contribution < -0.4 is 0 Å². The van der Waals surface area contributed by atoms with E-state index in [9.17, 15) is 12.8 Å². The van der Waals surface area contributed by atoms with Gasteiger partial charge in [-0.1, -0.05) is 11.6 Å². The maximum Gasteiger partial charge on any atom is 0.246 e.